The lowest BCUT2D eigenvalue weighted by molar-refractivity contribution is -0.136. The lowest BCUT2D eigenvalue weighted by atomic mass is 10.1. The lowest BCUT2D eigenvalue weighted by Gasteiger charge is -2.09. The average molecular weight is 261 g/mol. The van der Waals surface area contributed by atoms with Crippen molar-refractivity contribution in [3.05, 3.63) is 47.9 Å². The highest BCUT2D eigenvalue weighted by atomic mass is 19.1. The molecule has 5 heteroatoms. The standard InChI is InChI=1S/C14H12FNO3/c1-19-14-12(9-2-4-10(15)5-3-9)7-6-11(16-14)8-13(17)18/h2-7H,8H2,1H3,(H,17,18). The van der Waals surface area contributed by atoms with Crippen LogP contribution in [0.15, 0.2) is 36.4 Å². The first-order valence-electron chi connectivity index (χ1n) is 5.62. The Morgan fingerprint density at radius 1 is 1.26 bits per heavy atom. The van der Waals surface area contributed by atoms with Gasteiger partial charge in [0.15, 0.2) is 0 Å². The van der Waals surface area contributed by atoms with Gasteiger partial charge in [0, 0.05) is 5.56 Å². The summed E-state index contributed by atoms with van der Waals surface area (Å²) in [7, 11) is 1.46. The number of carboxylic acids is 1. The van der Waals surface area contributed by atoms with E-state index in [9.17, 15) is 9.18 Å². The van der Waals surface area contributed by atoms with E-state index in [4.69, 9.17) is 9.84 Å². The van der Waals surface area contributed by atoms with E-state index in [2.05, 4.69) is 4.98 Å². The van der Waals surface area contributed by atoms with Crippen LogP contribution >= 0.6 is 0 Å². The van der Waals surface area contributed by atoms with Crippen molar-refractivity contribution in [2.24, 2.45) is 0 Å². The van der Waals surface area contributed by atoms with Gasteiger partial charge in [-0.25, -0.2) is 9.37 Å². The van der Waals surface area contributed by atoms with Crippen molar-refractivity contribution in [3.8, 4) is 17.0 Å². The van der Waals surface area contributed by atoms with Crippen LogP contribution in [-0.4, -0.2) is 23.2 Å². The minimum atomic E-state index is -0.955. The van der Waals surface area contributed by atoms with E-state index in [1.807, 2.05) is 0 Å². The molecule has 1 N–H and O–H groups in total. The molecule has 1 heterocycles. The van der Waals surface area contributed by atoms with Crippen molar-refractivity contribution in [2.45, 2.75) is 6.42 Å². The molecule has 2 aromatic rings. The maximum Gasteiger partial charge on any atom is 0.309 e. The normalized spacial score (nSPS) is 10.2. The molecule has 98 valence electrons. The van der Waals surface area contributed by atoms with Crippen LogP contribution < -0.4 is 4.74 Å². The Balaban J connectivity index is 2.40. The first-order valence-corrected chi connectivity index (χ1v) is 5.62. The highest BCUT2D eigenvalue weighted by molar-refractivity contribution is 5.72. The van der Waals surface area contributed by atoms with Crippen LogP contribution in [0.25, 0.3) is 11.1 Å². The molecular weight excluding hydrogens is 249 g/mol. The fourth-order valence-electron chi connectivity index (χ4n) is 1.74. The number of aromatic nitrogens is 1. The number of nitrogens with zero attached hydrogens (tertiary/aromatic N) is 1. The molecule has 0 radical (unpaired) electrons. The molecule has 0 aliphatic carbocycles. The number of hydrogen-bond donors (Lipinski definition) is 1. The van der Waals surface area contributed by atoms with E-state index in [0.29, 0.717) is 17.1 Å². The third kappa shape index (κ3) is 3.07. The van der Waals surface area contributed by atoms with Gasteiger partial charge in [-0.15, -0.1) is 0 Å². The van der Waals surface area contributed by atoms with Gasteiger partial charge in [0.05, 0.1) is 19.2 Å². The van der Waals surface area contributed by atoms with Gasteiger partial charge in [-0.1, -0.05) is 12.1 Å². The van der Waals surface area contributed by atoms with Crippen molar-refractivity contribution in [1.82, 2.24) is 4.98 Å². The fraction of sp³-hybridized carbons (Fsp3) is 0.143. The number of pyridine rings is 1. The number of aliphatic carboxylic acids is 1. The van der Waals surface area contributed by atoms with Gasteiger partial charge in [0.1, 0.15) is 5.82 Å². The molecule has 0 unspecified atom stereocenters. The summed E-state index contributed by atoms with van der Waals surface area (Å²) in [6, 6.07) is 9.27. The minimum absolute atomic E-state index is 0.167. The van der Waals surface area contributed by atoms with Gasteiger partial charge in [-0.2, -0.15) is 0 Å². The van der Waals surface area contributed by atoms with E-state index < -0.39 is 5.97 Å². The van der Waals surface area contributed by atoms with Crippen molar-refractivity contribution < 1.29 is 19.0 Å². The summed E-state index contributed by atoms with van der Waals surface area (Å²) in [5, 5.41) is 8.72. The first-order chi connectivity index (χ1) is 9.10. The van der Waals surface area contributed by atoms with Crippen LogP contribution in [0.3, 0.4) is 0 Å². The number of benzene rings is 1. The zero-order valence-corrected chi connectivity index (χ0v) is 10.3. The van der Waals surface area contributed by atoms with Crippen LogP contribution in [0.2, 0.25) is 0 Å². The SMILES string of the molecule is COc1nc(CC(=O)O)ccc1-c1ccc(F)cc1. The van der Waals surface area contributed by atoms with Crippen molar-refractivity contribution >= 4 is 5.97 Å². The van der Waals surface area contributed by atoms with E-state index >= 15 is 0 Å². The van der Waals surface area contributed by atoms with Gasteiger partial charge in [0.25, 0.3) is 0 Å². The Kier molecular flexibility index (Phi) is 3.75. The van der Waals surface area contributed by atoms with Crippen LogP contribution in [0.5, 0.6) is 5.88 Å². The van der Waals surface area contributed by atoms with Gasteiger partial charge in [-0.05, 0) is 29.8 Å². The zero-order chi connectivity index (χ0) is 13.8. The largest absolute Gasteiger partial charge is 0.481 e. The number of ether oxygens (including phenoxy) is 1. The quantitative estimate of drug-likeness (QED) is 0.918. The number of methoxy groups -OCH3 is 1. The molecule has 4 nitrogen and oxygen atoms in total. The second-order valence-corrected chi connectivity index (χ2v) is 3.94. The second kappa shape index (κ2) is 5.48. The smallest absolute Gasteiger partial charge is 0.309 e. The third-order valence-corrected chi connectivity index (χ3v) is 2.60. The highest BCUT2D eigenvalue weighted by Crippen LogP contribution is 2.28. The molecule has 0 fully saturated rings. The zero-order valence-electron chi connectivity index (χ0n) is 10.3. The predicted octanol–water partition coefficient (Wildman–Crippen LogP) is 2.52. The summed E-state index contributed by atoms with van der Waals surface area (Å²) in [5.74, 6) is -0.951. The summed E-state index contributed by atoms with van der Waals surface area (Å²) in [6.45, 7) is 0. The Morgan fingerprint density at radius 3 is 2.53 bits per heavy atom. The van der Waals surface area contributed by atoms with Crippen LogP contribution in [0, 0.1) is 5.82 Å². The van der Waals surface area contributed by atoms with Gasteiger partial charge >= 0.3 is 5.97 Å². The summed E-state index contributed by atoms with van der Waals surface area (Å²) in [5.41, 5.74) is 1.86. The molecule has 1 aromatic heterocycles. The highest BCUT2D eigenvalue weighted by Gasteiger charge is 2.10. The molecular formula is C14H12FNO3. The van der Waals surface area contributed by atoms with Gasteiger partial charge in [0.2, 0.25) is 5.88 Å². The molecule has 2 rings (SSSR count). The molecule has 0 bridgehead atoms. The first kappa shape index (κ1) is 13.0. The number of carbonyl (C=O) groups is 1. The minimum Gasteiger partial charge on any atom is -0.481 e. The van der Waals surface area contributed by atoms with Crippen molar-refractivity contribution in [3.63, 3.8) is 0 Å². The number of carboxylic acid groups (broad SMARTS) is 1. The van der Waals surface area contributed by atoms with Crippen molar-refractivity contribution in [1.29, 1.82) is 0 Å². The summed E-state index contributed by atoms with van der Waals surface area (Å²) < 4.78 is 18.0. The molecule has 0 aliphatic heterocycles. The Morgan fingerprint density at radius 2 is 1.95 bits per heavy atom. The molecule has 0 aliphatic rings. The van der Waals surface area contributed by atoms with E-state index in [1.165, 1.54) is 19.2 Å². The van der Waals surface area contributed by atoms with Gasteiger partial charge in [-0.3, -0.25) is 4.79 Å². The molecule has 0 saturated heterocycles. The maximum absolute atomic E-state index is 12.9. The lowest BCUT2D eigenvalue weighted by Crippen LogP contribution is -2.03. The molecule has 1 aromatic carbocycles. The molecule has 19 heavy (non-hydrogen) atoms. The second-order valence-electron chi connectivity index (χ2n) is 3.94. The number of rotatable bonds is 4. The van der Waals surface area contributed by atoms with Crippen LogP contribution in [0.1, 0.15) is 5.69 Å². The molecule has 0 spiro atoms. The molecule has 0 atom stereocenters. The van der Waals surface area contributed by atoms with Gasteiger partial charge < -0.3 is 9.84 Å². The maximum atomic E-state index is 12.9. The third-order valence-electron chi connectivity index (χ3n) is 2.60. The van der Waals surface area contributed by atoms with Crippen LogP contribution in [-0.2, 0) is 11.2 Å². The summed E-state index contributed by atoms with van der Waals surface area (Å²) >= 11 is 0. The van der Waals surface area contributed by atoms with Crippen LogP contribution in [0.4, 0.5) is 4.39 Å². The summed E-state index contributed by atoms with van der Waals surface area (Å²) in [4.78, 5) is 14.8. The predicted molar refractivity (Wildman–Crippen MR) is 67.5 cm³/mol. The molecule has 0 saturated carbocycles. The summed E-state index contributed by atoms with van der Waals surface area (Å²) in [6.07, 6.45) is -0.167. The topological polar surface area (TPSA) is 59.4 Å². The Bertz CT molecular complexity index is 596. The fourth-order valence-corrected chi connectivity index (χ4v) is 1.74. The Labute approximate surface area is 109 Å². The van der Waals surface area contributed by atoms with Crippen molar-refractivity contribution in [2.75, 3.05) is 7.11 Å². The average Bonchev–Trinajstić information content (AvgIpc) is 2.39. The number of hydrogen-bond acceptors (Lipinski definition) is 3. The van der Waals surface area contributed by atoms with E-state index in [1.54, 1.807) is 24.3 Å². The Hall–Kier alpha value is -2.43. The monoisotopic (exact) mass is 261 g/mol. The van der Waals surface area contributed by atoms with E-state index in [0.717, 1.165) is 5.56 Å². The number of halogens is 1. The molecule has 0 amide bonds. The van der Waals surface area contributed by atoms with E-state index in [-0.39, 0.29) is 12.2 Å².